The van der Waals surface area contributed by atoms with Crippen LogP contribution in [0.3, 0.4) is 0 Å². The molecule has 0 radical (unpaired) electrons. The standard InChI is InChI=1S/C23H35N5O4/c1-32-13-12-28-16-18(14-20(28)29)22(30)27-10-6-17(7-11-27)21-19(15-24-25-21)23(31)26-8-4-2-3-5-9-26/h15,17-18H,2-14,16H2,1H3,(H,24,25)/t18-/m1/s1. The van der Waals surface area contributed by atoms with Gasteiger partial charge in [-0.3, -0.25) is 19.5 Å². The third-order valence-electron chi connectivity index (χ3n) is 7.14. The van der Waals surface area contributed by atoms with E-state index in [0.717, 1.165) is 44.5 Å². The van der Waals surface area contributed by atoms with Crippen LogP contribution in [0.25, 0.3) is 0 Å². The Morgan fingerprint density at radius 1 is 1.09 bits per heavy atom. The molecule has 0 unspecified atom stereocenters. The van der Waals surface area contributed by atoms with Gasteiger partial charge in [-0.05, 0) is 25.7 Å². The van der Waals surface area contributed by atoms with Crippen LogP contribution in [0.15, 0.2) is 6.20 Å². The van der Waals surface area contributed by atoms with Crippen LogP contribution in [0.4, 0.5) is 0 Å². The topological polar surface area (TPSA) is 98.8 Å². The minimum absolute atomic E-state index is 0.0319. The SMILES string of the molecule is COCCN1C[C@H](C(=O)N2CCC(c3[nH]ncc3C(=O)N3CCCCCC3)CC2)CC1=O. The van der Waals surface area contributed by atoms with E-state index in [9.17, 15) is 14.4 Å². The van der Waals surface area contributed by atoms with Crippen LogP contribution in [0.1, 0.15) is 66.9 Å². The van der Waals surface area contributed by atoms with Gasteiger partial charge in [-0.25, -0.2) is 0 Å². The monoisotopic (exact) mass is 445 g/mol. The number of methoxy groups -OCH3 is 1. The molecule has 3 saturated heterocycles. The van der Waals surface area contributed by atoms with Crippen LogP contribution in [-0.2, 0) is 14.3 Å². The Labute approximate surface area is 189 Å². The van der Waals surface area contributed by atoms with Gasteiger partial charge >= 0.3 is 0 Å². The molecule has 0 bridgehead atoms. The van der Waals surface area contributed by atoms with Gasteiger partial charge in [0.2, 0.25) is 11.8 Å². The van der Waals surface area contributed by atoms with Gasteiger partial charge in [-0.2, -0.15) is 5.10 Å². The molecule has 3 aliphatic heterocycles. The van der Waals surface area contributed by atoms with E-state index in [1.807, 2.05) is 9.80 Å². The van der Waals surface area contributed by atoms with Crippen LogP contribution in [0, 0.1) is 5.92 Å². The van der Waals surface area contributed by atoms with Crippen LogP contribution in [-0.4, -0.2) is 95.6 Å². The molecule has 9 nitrogen and oxygen atoms in total. The van der Waals surface area contributed by atoms with Crippen molar-refractivity contribution in [1.82, 2.24) is 24.9 Å². The van der Waals surface area contributed by atoms with Gasteiger partial charge in [-0.1, -0.05) is 12.8 Å². The molecule has 32 heavy (non-hydrogen) atoms. The molecule has 1 aromatic heterocycles. The Morgan fingerprint density at radius 3 is 2.50 bits per heavy atom. The number of nitrogens with one attached hydrogen (secondary N) is 1. The number of ether oxygens (including phenoxy) is 1. The van der Waals surface area contributed by atoms with E-state index in [1.54, 1.807) is 18.2 Å². The zero-order chi connectivity index (χ0) is 22.5. The molecular formula is C23H35N5O4. The fourth-order valence-corrected chi connectivity index (χ4v) is 5.22. The molecule has 0 aromatic carbocycles. The summed E-state index contributed by atoms with van der Waals surface area (Å²) in [7, 11) is 1.61. The summed E-state index contributed by atoms with van der Waals surface area (Å²) in [6, 6.07) is 0. The van der Waals surface area contributed by atoms with E-state index >= 15 is 0 Å². The normalized spacial score (nSPS) is 23.0. The molecule has 0 spiro atoms. The highest BCUT2D eigenvalue weighted by Gasteiger charge is 2.38. The molecule has 3 amide bonds. The molecule has 176 valence electrons. The maximum Gasteiger partial charge on any atom is 0.257 e. The molecule has 3 aliphatic rings. The van der Waals surface area contributed by atoms with E-state index in [0.29, 0.717) is 38.3 Å². The lowest BCUT2D eigenvalue weighted by atomic mass is 9.90. The summed E-state index contributed by atoms with van der Waals surface area (Å²) in [6.45, 7) is 4.42. The van der Waals surface area contributed by atoms with Gasteiger partial charge in [0.05, 0.1) is 30.0 Å². The zero-order valence-electron chi connectivity index (χ0n) is 19.1. The van der Waals surface area contributed by atoms with Crippen molar-refractivity contribution in [1.29, 1.82) is 0 Å². The molecule has 3 fully saturated rings. The van der Waals surface area contributed by atoms with Crippen LogP contribution in [0.2, 0.25) is 0 Å². The summed E-state index contributed by atoms with van der Waals surface area (Å²) in [5.41, 5.74) is 1.60. The van der Waals surface area contributed by atoms with Crippen molar-refractivity contribution >= 4 is 17.7 Å². The first-order chi connectivity index (χ1) is 15.6. The quantitative estimate of drug-likeness (QED) is 0.718. The molecule has 1 N–H and O–H groups in total. The summed E-state index contributed by atoms with van der Waals surface area (Å²) >= 11 is 0. The molecule has 1 aromatic rings. The third-order valence-corrected chi connectivity index (χ3v) is 7.14. The minimum atomic E-state index is -0.261. The van der Waals surface area contributed by atoms with E-state index in [4.69, 9.17) is 4.74 Å². The average molecular weight is 446 g/mol. The maximum atomic E-state index is 13.1. The van der Waals surface area contributed by atoms with E-state index in [1.165, 1.54) is 12.8 Å². The van der Waals surface area contributed by atoms with Crippen molar-refractivity contribution in [2.75, 3.05) is 53.0 Å². The number of hydrogen-bond donors (Lipinski definition) is 1. The molecular weight excluding hydrogens is 410 g/mol. The Balaban J connectivity index is 1.33. The second-order valence-electron chi connectivity index (χ2n) is 9.24. The van der Waals surface area contributed by atoms with Crippen LogP contribution >= 0.6 is 0 Å². The number of rotatable bonds is 6. The molecule has 9 heteroatoms. The van der Waals surface area contributed by atoms with Crippen molar-refractivity contribution in [3.63, 3.8) is 0 Å². The highest BCUT2D eigenvalue weighted by Crippen LogP contribution is 2.31. The van der Waals surface area contributed by atoms with Gasteiger partial charge in [0, 0.05) is 58.7 Å². The predicted molar refractivity (Wildman–Crippen MR) is 118 cm³/mol. The Hall–Kier alpha value is -2.42. The first-order valence-corrected chi connectivity index (χ1v) is 12.0. The zero-order valence-corrected chi connectivity index (χ0v) is 19.1. The second kappa shape index (κ2) is 10.5. The molecule has 4 heterocycles. The first-order valence-electron chi connectivity index (χ1n) is 12.0. The van der Waals surface area contributed by atoms with Crippen molar-refractivity contribution in [3.8, 4) is 0 Å². The summed E-state index contributed by atoms with van der Waals surface area (Å²) < 4.78 is 5.06. The van der Waals surface area contributed by atoms with E-state index in [-0.39, 0.29) is 36.0 Å². The van der Waals surface area contributed by atoms with Gasteiger partial charge in [0.15, 0.2) is 0 Å². The summed E-state index contributed by atoms with van der Waals surface area (Å²) in [6.07, 6.45) is 8.04. The number of H-pyrrole nitrogens is 1. The molecule has 4 rings (SSSR count). The Morgan fingerprint density at radius 2 is 1.81 bits per heavy atom. The van der Waals surface area contributed by atoms with Crippen molar-refractivity contribution in [2.45, 2.75) is 50.9 Å². The van der Waals surface area contributed by atoms with Gasteiger partial charge in [0.25, 0.3) is 5.91 Å². The lowest BCUT2D eigenvalue weighted by Crippen LogP contribution is -2.42. The van der Waals surface area contributed by atoms with Gasteiger partial charge in [-0.15, -0.1) is 0 Å². The highest BCUT2D eigenvalue weighted by molar-refractivity contribution is 5.95. The number of hydrogen-bond acceptors (Lipinski definition) is 5. The third kappa shape index (κ3) is 4.98. The Bertz CT molecular complexity index is 809. The number of likely N-dealkylation sites (tertiary alicyclic amines) is 3. The molecule has 0 aliphatic carbocycles. The van der Waals surface area contributed by atoms with Gasteiger partial charge < -0.3 is 19.4 Å². The van der Waals surface area contributed by atoms with Crippen molar-refractivity contribution in [2.24, 2.45) is 5.92 Å². The largest absolute Gasteiger partial charge is 0.383 e. The van der Waals surface area contributed by atoms with E-state index in [2.05, 4.69) is 10.2 Å². The van der Waals surface area contributed by atoms with E-state index < -0.39 is 0 Å². The second-order valence-corrected chi connectivity index (χ2v) is 9.24. The Kier molecular flexibility index (Phi) is 7.44. The smallest absolute Gasteiger partial charge is 0.257 e. The molecule has 0 saturated carbocycles. The van der Waals surface area contributed by atoms with Crippen molar-refractivity contribution < 1.29 is 19.1 Å². The summed E-state index contributed by atoms with van der Waals surface area (Å²) in [5.74, 6) is 0.112. The molecule has 1 atom stereocenters. The first kappa shape index (κ1) is 22.8. The summed E-state index contributed by atoms with van der Waals surface area (Å²) in [4.78, 5) is 43.9. The predicted octanol–water partition coefficient (Wildman–Crippen LogP) is 1.63. The maximum absolute atomic E-state index is 13.1. The van der Waals surface area contributed by atoms with Crippen LogP contribution in [0.5, 0.6) is 0 Å². The average Bonchev–Trinajstić information content (AvgIpc) is 3.35. The minimum Gasteiger partial charge on any atom is -0.383 e. The van der Waals surface area contributed by atoms with Crippen molar-refractivity contribution in [3.05, 3.63) is 17.5 Å². The number of amides is 3. The number of nitrogens with zero attached hydrogens (tertiary/aromatic N) is 4. The number of piperidine rings is 1. The summed E-state index contributed by atoms with van der Waals surface area (Å²) in [5, 5.41) is 7.27. The number of aromatic nitrogens is 2. The van der Waals surface area contributed by atoms with Gasteiger partial charge in [0.1, 0.15) is 0 Å². The van der Waals surface area contributed by atoms with Crippen LogP contribution < -0.4 is 0 Å². The lowest BCUT2D eigenvalue weighted by molar-refractivity contribution is -0.136. The fraction of sp³-hybridized carbons (Fsp3) is 0.739. The number of carbonyl (C=O) groups excluding carboxylic acids is 3. The number of aromatic amines is 1. The lowest BCUT2D eigenvalue weighted by Gasteiger charge is -2.33. The highest BCUT2D eigenvalue weighted by atomic mass is 16.5. The fourth-order valence-electron chi connectivity index (χ4n) is 5.22. The number of carbonyl (C=O) groups is 3.